The zero-order chi connectivity index (χ0) is 19.6. The van der Waals surface area contributed by atoms with E-state index in [1.54, 1.807) is 48.2 Å². The SMILES string of the molecule is Cc1ccc(S(=O)(=O)N2CCN(C(=O)Nc3ccc(Cl)cc3)CC2)c(C)c1. The monoisotopic (exact) mass is 407 g/mol. The fourth-order valence-corrected chi connectivity index (χ4v) is 4.85. The molecule has 0 spiro atoms. The summed E-state index contributed by atoms with van der Waals surface area (Å²) in [5.74, 6) is 0. The lowest BCUT2D eigenvalue weighted by Crippen LogP contribution is -2.51. The first-order chi connectivity index (χ1) is 12.8. The van der Waals surface area contributed by atoms with Crippen LogP contribution in [0.15, 0.2) is 47.4 Å². The summed E-state index contributed by atoms with van der Waals surface area (Å²) in [7, 11) is -3.56. The van der Waals surface area contributed by atoms with Crippen molar-refractivity contribution in [3.8, 4) is 0 Å². The molecule has 1 aliphatic heterocycles. The van der Waals surface area contributed by atoms with Gasteiger partial charge in [-0.2, -0.15) is 4.31 Å². The number of carbonyl (C=O) groups excluding carboxylic acids is 1. The van der Waals surface area contributed by atoms with Crippen molar-refractivity contribution in [2.45, 2.75) is 18.7 Å². The summed E-state index contributed by atoms with van der Waals surface area (Å²) in [6.07, 6.45) is 0. The van der Waals surface area contributed by atoms with Crippen LogP contribution in [0.2, 0.25) is 5.02 Å². The molecule has 2 aromatic carbocycles. The Labute approximate surface area is 164 Å². The van der Waals surface area contributed by atoms with Crippen molar-refractivity contribution in [2.24, 2.45) is 0 Å². The molecule has 1 saturated heterocycles. The summed E-state index contributed by atoms with van der Waals surface area (Å²) in [6.45, 7) is 4.94. The molecule has 0 aliphatic carbocycles. The van der Waals surface area contributed by atoms with Gasteiger partial charge in [0.05, 0.1) is 4.90 Å². The van der Waals surface area contributed by atoms with E-state index in [1.165, 1.54) is 4.31 Å². The average Bonchev–Trinajstić information content (AvgIpc) is 2.63. The van der Waals surface area contributed by atoms with E-state index >= 15 is 0 Å². The van der Waals surface area contributed by atoms with Crippen LogP contribution in [0, 0.1) is 13.8 Å². The van der Waals surface area contributed by atoms with Gasteiger partial charge in [0, 0.05) is 36.9 Å². The molecule has 3 rings (SSSR count). The molecule has 1 N–H and O–H groups in total. The molecular formula is C19H22ClN3O3S. The second-order valence-electron chi connectivity index (χ2n) is 6.60. The Morgan fingerprint density at radius 1 is 1.00 bits per heavy atom. The molecular weight excluding hydrogens is 386 g/mol. The highest BCUT2D eigenvalue weighted by Gasteiger charge is 2.31. The third-order valence-electron chi connectivity index (χ3n) is 4.57. The van der Waals surface area contributed by atoms with Gasteiger partial charge < -0.3 is 10.2 Å². The molecule has 1 aliphatic rings. The normalized spacial score (nSPS) is 15.6. The number of sulfonamides is 1. The number of piperazine rings is 1. The molecule has 1 fully saturated rings. The van der Waals surface area contributed by atoms with E-state index in [-0.39, 0.29) is 19.1 Å². The van der Waals surface area contributed by atoms with Crippen LogP contribution >= 0.6 is 11.6 Å². The van der Waals surface area contributed by atoms with Crippen molar-refractivity contribution >= 4 is 33.3 Å². The highest BCUT2D eigenvalue weighted by atomic mass is 35.5. The van der Waals surface area contributed by atoms with Gasteiger partial charge in [-0.3, -0.25) is 0 Å². The van der Waals surface area contributed by atoms with Crippen molar-refractivity contribution in [3.63, 3.8) is 0 Å². The summed E-state index contributed by atoms with van der Waals surface area (Å²) in [5.41, 5.74) is 2.41. The molecule has 0 atom stereocenters. The van der Waals surface area contributed by atoms with Crippen LogP contribution < -0.4 is 5.32 Å². The lowest BCUT2D eigenvalue weighted by atomic mass is 10.2. The van der Waals surface area contributed by atoms with Crippen LogP contribution in [-0.2, 0) is 10.0 Å². The van der Waals surface area contributed by atoms with E-state index in [4.69, 9.17) is 11.6 Å². The standard InChI is InChI=1S/C19H22ClN3O3S/c1-14-3-8-18(15(2)13-14)27(25,26)23-11-9-22(10-12-23)19(24)21-17-6-4-16(20)5-7-17/h3-8,13H,9-12H2,1-2H3,(H,21,24). The average molecular weight is 408 g/mol. The Morgan fingerprint density at radius 3 is 2.22 bits per heavy atom. The van der Waals surface area contributed by atoms with Crippen LogP contribution in [-0.4, -0.2) is 49.8 Å². The predicted octanol–water partition coefficient (Wildman–Crippen LogP) is 3.50. The van der Waals surface area contributed by atoms with Crippen molar-refractivity contribution in [1.29, 1.82) is 0 Å². The van der Waals surface area contributed by atoms with Crippen molar-refractivity contribution < 1.29 is 13.2 Å². The van der Waals surface area contributed by atoms with Crippen molar-refractivity contribution in [2.75, 3.05) is 31.5 Å². The minimum atomic E-state index is -3.56. The second-order valence-corrected chi connectivity index (χ2v) is 8.94. The molecule has 0 radical (unpaired) electrons. The van der Waals surface area contributed by atoms with Crippen LogP contribution in [0.3, 0.4) is 0 Å². The van der Waals surface area contributed by atoms with Gasteiger partial charge in [0.15, 0.2) is 0 Å². The molecule has 2 aromatic rings. The van der Waals surface area contributed by atoms with Crippen molar-refractivity contribution in [1.82, 2.24) is 9.21 Å². The maximum atomic E-state index is 12.9. The third-order valence-corrected chi connectivity index (χ3v) is 6.88. The highest BCUT2D eigenvalue weighted by Crippen LogP contribution is 2.22. The summed E-state index contributed by atoms with van der Waals surface area (Å²) in [6, 6.07) is 11.9. The Hall–Kier alpha value is -2.09. The number of amides is 2. The summed E-state index contributed by atoms with van der Waals surface area (Å²) < 4.78 is 27.3. The lowest BCUT2D eigenvalue weighted by Gasteiger charge is -2.34. The Kier molecular flexibility index (Phi) is 5.74. The fourth-order valence-electron chi connectivity index (χ4n) is 3.10. The van der Waals surface area contributed by atoms with E-state index in [9.17, 15) is 13.2 Å². The Bertz CT molecular complexity index is 937. The van der Waals surface area contributed by atoms with Crippen LogP contribution in [0.25, 0.3) is 0 Å². The molecule has 0 saturated carbocycles. The first-order valence-corrected chi connectivity index (χ1v) is 10.5. The number of nitrogens with one attached hydrogen (secondary N) is 1. The first kappa shape index (κ1) is 19.7. The zero-order valence-electron chi connectivity index (χ0n) is 15.3. The minimum absolute atomic E-state index is 0.249. The number of hydrogen-bond acceptors (Lipinski definition) is 3. The molecule has 144 valence electrons. The molecule has 1 heterocycles. The molecule has 0 aromatic heterocycles. The number of carbonyl (C=O) groups is 1. The number of aryl methyl sites for hydroxylation is 2. The van der Waals surface area contributed by atoms with Gasteiger partial charge in [-0.1, -0.05) is 29.3 Å². The molecule has 8 heteroatoms. The number of rotatable bonds is 3. The maximum Gasteiger partial charge on any atom is 0.321 e. The summed E-state index contributed by atoms with van der Waals surface area (Å²) in [5, 5.41) is 3.40. The lowest BCUT2D eigenvalue weighted by molar-refractivity contribution is 0.184. The van der Waals surface area contributed by atoms with Crippen LogP contribution in [0.5, 0.6) is 0 Å². The van der Waals surface area contributed by atoms with Gasteiger partial charge in [0.1, 0.15) is 0 Å². The van der Waals surface area contributed by atoms with E-state index < -0.39 is 10.0 Å². The number of benzene rings is 2. The van der Waals surface area contributed by atoms with Gasteiger partial charge in [0.2, 0.25) is 10.0 Å². The fraction of sp³-hybridized carbons (Fsp3) is 0.316. The van der Waals surface area contributed by atoms with E-state index in [2.05, 4.69) is 5.32 Å². The summed E-state index contributed by atoms with van der Waals surface area (Å²) >= 11 is 5.84. The number of anilines is 1. The predicted molar refractivity (Wildman–Crippen MR) is 107 cm³/mol. The van der Waals surface area contributed by atoms with Gasteiger partial charge in [-0.05, 0) is 49.7 Å². The largest absolute Gasteiger partial charge is 0.322 e. The van der Waals surface area contributed by atoms with Crippen molar-refractivity contribution in [3.05, 3.63) is 58.6 Å². The minimum Gasteiger partial charge on any atom is -0.322 e. The topological polar surface area (TPSA) is 69.7 Å². The third kappa shape index (κ3) is 4.43. The second kappa shape index (κ2) is 7.88. The van der Waals surface area contributed by atoms with E-state index in [1.807, 2.05) is 13.0 Å². The van der Waals surface area contributed by atoms with Gasteiger partial charge in [-0.25, -0.2) is 13.2 Å². The zero-order valence-corrected chi connectivity index (χ0v) is 16.8. The quantitative estimate of drug-likeness (QED) is 0.846. The maximum absolute atomic E-state index is 12.9. The highest BCUT2D eigenvalue weighted by molar-refractivity contribution is 7.89. The Balaban J connectivity index is 1.64. The van der Waals surface area contributed by atoms with Crippen LogP contribution in [0.1, 0.15) is 11.1 Å². The van der Waals surface area contributed by atoms with Gasteiger partial charge in [-0.15, -0.1) is 0 Å². The molecule has 0 unspecified atom stereocenters. The Morgan fingerprint density at radius 2 is 1.63 bits per heavy atom. The summed E-state index contributed by atoms with van der Waals surface area (Å²) in [4.78, 5) is 14.3. The number of nitrogens with zero attached hydrogens (tertiary/aromatic N) is 2. The van der Waals surface area contributed by atoms with E-state index in [0.29, 0.717) is 28.7 Å². The number of urea groups is 1. The molecule has 6 nitrogen and oxygen atoms in total. The molecule has 0 bridgehead atoms. The first-order valence-electron chi connectivity index (χ1n) is 8.66. The smallest absolute Gasteiger partial charge is 0.321 e. The van der Waals surface area contributed by atoms with Crippen LogP contribution in [0.4, 0.5) is 10.5 Å². The number of halogens is 1. The van der Waals surface area contributed by atoms with Gasteiger partial charge in [0.25, 0.3) is 0 Å². The van der Waals surface area contributed by atoms with Gasteiger partial charge >= 0.3 is 6.03 Å². The van der Waals surface area contributed by atoms with E-state index in [0.717, 1.165) is 11.1 Å². The number of hydrogen-bond donors (Lipinski definition) is 1. The molecule has 2 amide bonds. The molecule has 27 heavy (non-hydrogen) atoms.